The van der Waals surface area contributed by atoms with Crippen LogP contribution in [-0.2, 0) is 11.3 Å². The monoisotopic (exact) mass is 312 g/mol. The minimum absolute atomic E-state index is 0.237. The average molecular weight is 312 g/mol. The molecule has 3 nitrogen and oxygen atoms in total. The van der Waals surface area contributed by atoms with E-state index in [1.165, 1.54) is 31.2 Å². The predicted octanol–water partition coefficient (Wildman–Crippen LogP) is 3.20. The van der Waals surface area contributed by atoms with Crippen molar-refractivity contribution < 1.29 is 4.79 Å². The van der Waals surface area contributed by atoms with Crippen LogP contribution in [0.15, 0.2) is 30.3 Å². The van der Waals surface area contributed by atoms with Crippen molar-refractivity contribution in [2.24, 2.45) is 17.8 Å². The fourth-order valence-corrected chi connectivity index (χ4v) is 4.92. The molecule has 124 valence electrons. The van der Waals surface area contributed by atoms with Gasteiger partial charge in [0.05, 0.1) is 0 Å². The molecule has 1 aliphatic heterocycles. The molecule has 0 unspecified atom stereocenters. The van der Waals surface area contributed by atoms with Gasteiger partial charge >= 0.3 is 0 Å². The number of hydrogen-bond donors (Lipinski definition) is 1. The molecule has 0 aromatic heterocycles. The molecule has 3 atom stereocenters. The first kappa shape index (κ1) is 15.2. The first-order valence-corrected chi connectivity index (χ1v) is 9.34. The maximum Gasteiger partial charge on any atom is 0.223 e. The van der Waals surface area contributed by atoms with E-state index < -0.39 is 0 Å². The Morgan fingerprint density at radius 1 is 1.04 bits per heavy atom. The number of nitrogens with zero attached hydrogens (tertiary/aromatic N) is 1. The molecular formula is C20H28N2O. The number of fused-ring (bicyclic) bond motifs is 2. The van der Waals surface area contributed by atoms with E-state index in [0.717, 1.165) is 44.3 Å². The molecule has 3 aliphatic rings. The summed E-state index contributed by atoms with van der Waals surface area (Å²) in [6, 6.07) is 11.1. The summed E-state index contributed by atoms with van der Waals surface area (Å²) in [5.41, 5.74) is 1.37. The van der Waals surface area contributed by atoms with E-state index >= 15 is 0 Å². The average Bonchev–Trinajstić information content (AvgIpc) is 3.19. The van der Waals surface area contributed by atoms with E-state index in [2.05, 4.69) is 40.5 Å². The number of benzene rings is 1. The molecule has 1 aromatic rings. The van der Waals surface area contributed by atoms with Crippen molar-refractivity contribution in [3.63, 3.8) is 0 Å². The van der Waals surface area contributed by atoms with E-state index in [1.54, 1.807) is 0 Å². The predicted molar refractivity (Wildman–Crippen MR) is 91.8 cm³/mol. The smallest absolute Gasteiger partial charge is 0.223 e. The molecule has 1 N–H and O–H groups in total. The highest BCUT2D eigenvalue weighted by Crippen LogP contribution is 2.44. The van der Waals surface area contributed by atoms with Crippen LogP contribution in [0.5, 0.6) is 0 Å². The van der Waals surface area contributed by atoms with Crippen molar-refractivity contribution in [2.45, 2.75) is 51.1 Å². The van der Waals surface area contributed by atoms with Gasteiger partial charge in [-0.25, -0.2) is 0 Å². The van der Waals surface area contributed by atoms with Gasteiger partial charge in [-0.05, 0) is 62.6 Å². The molecule has 3 heteroatoms. The van der Waals surface area contributed by atoms with Crippen molar-refractivity contribution in [2.75, 3.05) is 13.1 Å². The van der Waals surface area contributed by atoms with Crippen LogP contribution in [-0.4, -0.2) is 29.9 Å². The van der Waals surface area contributed by atoms with Gasteiger partial charge < -0.3 is 5.32 Å². The largest absolute Gasteiger partial charge is 0.353 e. The van der Waals surface area contributed by atoms with Crippen molar-refractivity contribution in [3.05, 3.63) is 35.9 Å². The Hall–Kier alpha value is -1.35. The lowest BCUT2D eigenvalue weighted by Gasteiger charge is -2.32. The van der Waals surface area contributed by atoms with Crippen LogP contribution in [0.4, 0.5) is 0 Å². The number of nitrogens with one attached hydrogen (secondary N) is 1. The third kappa shape index (κ3) is 3.45. The summed E-state index contributed by atoms with van der Waals surface area (Å²) < 4.78 is 0. The molecule has 4 rings (SSSR count). The Bertz CT molecular complexity index is 536. The summed E-state index contributed by atoms with van der Waals surface area (Å²) >= 11 is 0. The van der Waals surface area contributed by atoms with Gasteiger partial charge in [0.2, 0.25) is 5.91 Å². The number of piperidine rings is 1. The molecule has 2 bridgehead atoms. The van der Waals surface area contributed by atoms with Crippen LogP contribution in [0, 0.1) is 17.8 Å². The van der Waals surface area contributed by atoms with Crippen molar-refractivity contribution in [1.29, 1.82) is 0 Å². The molecule has 1 heterocycles. The fraction of sp³-hybridized carbons (Fsp3) is 0.650. The lowest BCUT2D eigenvalue weighted by atomic mass is 9.92. The Morgan fingerprint density at radius 3 is 2.48 bits per heavy atom. The van der Waals surface area contributed by atoms with Crippen molar-refractivity contribution in [3.8, 4) is 0 Å². The van der Waals surface area contributed by atoms with Crippen molar-refractivity contribution in [1.82, 2.24) is 10.2 Å². The second-order valence-corrected chi connectivity index (χ2v) is 7.83. The molecule has 23 heavy (non-hydrogen) atoms. The van der Waals surface area contributed by atoms with Gasteiger partial charge in [-0.1, -0.05) is 36.8 Å². The second kappa shape index (κ2) is 6.64. The van der Waals surface area contributed by atoms with Crippen LogP contribution in [0.25, 0.3) is 0 Å². The van der Waals surface area contributed by atoms with Gasteiger partial charge in [-0.2, -0.15) is 0 Å². The van der Waals surface area contributed by atoms with Crippen LogP contribution in [0.2, 0.25) is 0 Å². The Morgan fingerprint density at radius 2 is 1.83 bits per heavy atom. The standard InChI is InChI=1S/C20H28N2O/c23-20(21-19-13-16-6-7-18(19)12-16)17-8-10-22(11-9-17)14-15-4-2-1-3-5-15/h1-5,16-19H,6-14H2,(H,21,23)/t16-,18+,19-/m0/s1. The minimum Gasteiger partial charge on any atom is -0.353 e. The van der Waals surface area contributed by atoms with E-state index in [0.29, 0.717) is 11.9 Å². The van der Waals surface area contributed by atoms with Crippen LogP contribution < -0.4 is 5.32 Å². The summed E-state index contributed by atoms with van der Waals surface area (Å²) in [5, 5.41) is 3.39. The number of carbonyl (C=O) groups excluding carboxylic acids is 1. The SMILES string of the molecule is O=C(N[C@H]1C[C@H]2CC[C@@H]1C2)C1CCN(Cc2ccccc2)CC1. The molecule has 0 radical (unpaired) electrons. The summed E-state index contributed by atoms with van der Waals surface area (Å²) in [7, 11) is 0. The molecule has 2 aliphatic carbocycles. The minimum atomic E-state index is 0.237. The first-order chi connectivity index (χ1) is 11.3. The number of likely N-dealkylation sites (tertiary alicyclic amines) is 1. The second-order valence-electron chi connectivity index (χ2n) is 7.83. The van der Waals surface area contributed by atoms with E-state index in [4.69, 9.17) is 0 Å². The quantitative estimate of drug-likeness (QED) is 0.926. The summed E-state index contributed by atoms with van der Waals surface area (Å²) in [5.74, 6) is 2.25. The fourth-order valence-electron chi connectivity index (χ4n) is 4.92. The van der Waals surface area contributed by atoms with Gasteiger partial charge in [-0.3, -0.25) is 9.69 Å². The number of carbonyl (C=O) groups is 1. The lowest BCUT2D eigenvalue weighted by Crippen LogP contribution is -2.45. The third-order valence-electron chi connectivity index (χ3n) is 6.27. The highest BCUT2D eigenvalue weighted by molar-refractivity contribution is 5.79. The molecule has 0 spiro atoms. The lowest BCUT2D eigenvalue weighted by molar-refractivity contribution is -0.127. The van der Waals surface area contributed by atoms with Crippen LogP contribution >= 0.6 is 0 Å². The van der Waals surface area contributed by atoms with Gasteiger partial charge in [0.25, 0.3) is 0 Å². The maximum absolute atomic E-state index is 12.6. The zero-order valence-corrected chi connectivity index (χ0v) is 13.9. The molecule has 3 fully saturated rings. The zero-order chi connectivity index (χ0) is 15.6. The van der Waals surface area contributed by atoms with Crippen molar-refractivity contribution >= 4 is 5.91 Å². The Kier molecular flexibility index (Phi) is 4.39. The topological polar surface area (TPSA) is 32.3 Å². The highest BCUT2D eigenvalue weighted by atomic mass is 16.2. The number of amides is 1. The van der Waals surface area contributed by atoms with E-state index in [1.807, 2.05) is 0 Å². The van der Waals surface area contributed by atoms with E-state index in [-0.39, 0.29) is 5.92 Å². The van der Waals surface area contributed by atoms with Crippen LogP contribution in [0.1, 0.15) is 44.1 Å². The molecule has 1 saturated heterocycles. The highest BCUT2D eigenvalue weighted by Gasteiger charge is 2.40. The van der Waals surface area contributed by atoms with E-state index in [9.17, 15) is 4.79 Å². The normalized spacial score (nSPS) is 31.4. The third-order valence-corrected chi connectivity index (χ3v) is 6.27. The van der Waals surface area contributed by atoms with Gasteiger partial charge in [0, 0.05) is 18.5 Å². The first-order valence-electron chi connectivity index (χ1n) is 9.34. The molecular weight excluding hydrogens is 284 g/mol. The number of rotatable bonds is 4. The Balaban J connectivity index is 1.24. The molecule has 1 aromatic carbocycles. The van der Waals surface area contributed by atoms with Gasteiger partial charge in [0.15, 0.2) is 0 Å². The maximum atomic E-state index is 12.6. The molecule has 1 amide bonds. The Labute approximate surface area is 139 Å². The van der Waals surface area contributed by atoms with Gasteiger partial charge in [-0.15, -0.1) is 0 Å². The van der Waals surface area contributed by atoms with Gasteiger partial charge in [0.1, 0.15) is 0 Å². The van der Waals surface area contributed by atoms with Crippen LogP contribution in [0.3, 0.4) is 0 Å². The summed E-state index contributed by atoms with van der Waals surface area (Å²) in [6.45, 7) is 3.11. The summed E-state index contributed by atoms with van der Waals surface area (Å²) in [4.78, 5) is 15.0. The number of hydrogen-bond acceptors (Lipinski definition) is 2. The molecule has 2 saturated carbocycles. The zero-order valence-electron chi connectivity index (χ0n) is 13.9. The summed E-state index contributed by atoms with van der Waals surface area (Å²) in [6.07, 6.45) is 7.36.